The van der Waals surface area contributed by atoms with Crippen LogP contribution >= 0.6 is 11.3 Å². The number of nitrogens with two attached hydrogens (primary N) is 1. The smallest absolute Gasteiger partial charge is 0.261 e. The van der Waals surface area contributed by atoms with E-state index >= 15 is 0 Å². The summed E-state index contributed by atoms with van der Waals surface area (Å²) in [6, 6.07) is 3.33. The van der Waals surface area contributed by atoms with E-state index in [1.54, 1.807) is 18.3 Å². The van der Waals surface area contributed by atoms with E-state index in [0.29, 0.717) is 16.6 Å². The average molecular weight is 260 g/mol. The minimum atomic E-state index is -0.266. The number of hydrogen-bond acceptors (Lipinski definition) is 5. The SMILES string of the molecule is Nc1ncccc1C(=O)Nc1nc(C2CC2)cs1. The van der Waals surface area contributed by atoms with Gasteiger partial charge in [-0.1, -0.05) is 0 Å². The van der Waals surface area contributed by atoms with Crippen molar-refractivity contribution in [1.29, 1.82) is 0 Å². The van der Waals surface area contributed by atoms with E-state index in [4.69, 9.17) is 5.73 Å². The molecule has 0 unspecified atom stereocenters. The summed E-state index contributed by atoms with van der Waals surface area (Å²) in [5.41, 5.74) is 7.10. The average Bonchev–Trinajstić information content (AvgIpc) is 3.11. The second-order valence-electron chi connectivity index (χ2n) is 4.24. The van der Waals surface area contributed by atoms with Gasteiger partial charge in [0, 0.05) is 17.5 Å². The molecule has 1 saturated carbocycles. The number of carbonyl (C=O) groups is 1. The maximum absolute atomic E-state index is 12.0. The summed E-state index contributed by atoms with van der Waals surface area (Å²) in [7, 11) is 0. The van der Waals surface area contributed by atoms with Crippen LogP contribution in [0.3, 0.4) is 0 Å². The molecule has 0 bridgehead atoms. The Kier molecular flexibility index (Phi) is 2.71. The Hall–Kier alpha value is -1.95. The standard InChI is InChI=1S/C12H12N4OS/c13-10-8(2-1-5-14-10)11(17)16-12-15-9(6-18-12)7-3-4-7/h1-2,5-7H,3-4H2,(H2,13,14)(H,15,16,17). The summed E-state index contributed by atoms with van der Waals surface area (Å²) in [4.78, 5) is 20.2. The Balaban J connectivity index is 1.75. The lowest BCUT2D eigenvalue weighted by Crippen LogP contribution is -2.14. The topological polar surface area (TPSA) is 80.9 Å². The third-order valence-electron chi connectivity index (χ3n) is 2.82. The number of nitrogens with one attached hydrogen (secondary N) is 1. The van der Waals surface area contributed by atoms with Crippen molar-refractivity contribution in [2.45, 2.75) is 18.8 Å². The molecule has 0 radical (unpaired) electrons. The van der Waals surface area contributed by atoms with Gasteiger partial charge in [0.25, 0.3) is 5.91 Å². The highest BCUT2D eigenvalue weighted by atomic mass is 32.1. The third kappa shape index (κ3) is 2.19. The highest BCUT2D eigenvalue weighted by Crippen LogP contribution is 2.40. The molecule has 1 amide bonds. The van der Waals surface area contributed by atoms with Crippen LogP contribution in [0.5, 0.6) is 0 Å². The lowest BCUT2D eigenvalue weighted by atomic mass is 10.2. The predicted octanol–water partition coefficient (Wildman–Crippen LogP) is 2.25. The Morgan fingerprint density at radius 3 is 3.06 bits per heavy atom. The van der Waals surface area contributed by atoms with Crippen LogP contribution in [0.4, 0.5) is 10.9 Å². The van der Waals surface area contributed by atoms with Gasteiger partial charge < -0.3 is 5.73 Å². The minimum absolute atomic E-state index is 0.231. The Labute approximate surface area is 108 Å². The van der Waals surface area contributed by atoms with E-state index in [9.17, 15) is 4.79 Å². The number of amides is 1. The molecule has 6 heteroatoms. The number of hydrogen-bond donors (Lipinski definition) is 2. The van der Waals surface area contributed by atoms with Gasteiger partial charge in [-0.3, -0.25) is 10.1 Å². The van der Waals surface area contributed by atoms with Crippen molar-refractivity contribution in [3.05, 3.63) is 35.0 Å². The lowest BCUT2D eigenvalue weighted by Gasteiger charge is -2.03. The molecule has 0 aliphatic heterocycles. The molecule has 2 aromatic rings. The second kappa shape index (κ2) is 4.38. The number of pyridine rings is 1. The lowest BCUT2D eigenvalue weighted by molar-refractivity contribution is 0.102. The van der Waals surface area contributed by atoms with Gasteiger partial charge in [-0.25, -0.2) is 9.97 Å². The summed E-state index contributed by atoms with van der Waals surface area (Å²) >= 11 is 1.44. The molecule has 0 saturated heterocycles. The molecule has 0 aromatic carbocycles. The first-order valence-electron chi connectivity index (χ1n) is 5.71. The van der Waals surface area contributed by atoms with E-state index in [0.717, 1.165) is 5.69 Å². The van der Waals surface area contributed by atoms with Gasteiger partial charge in [-0.2, -0.15) is 0 Å². The molecule has 1 fully saturated rings. The van der Waals surface area contributed by atoms with Crippen LogP contribution < -0.4 is 11.1 Å². The van der Waals surface area contributed by atoms with Gasteiger partial charge >= 0.3 is 0 Å². The zero-order valence-electron chi connectivity index (χ0n) is 9.59. The van der Waals surface area contributed by atoms with E-state index < -0.39 is 0 Å². The van der Waals surface area contributed by atoms with Crippen molar-refractivity contribution in [1.82, 2.24) is 9.97 Å². The fraction of sp³-hybridized carbons (Fsp3) is 0.250. The van der Waals surface area contributed by atoms with Gasteiger partial charge in [0.05, 0.1) is 11.3 Å². The molecule has 92 valence electrons. The minimum Gasteiger partial charge on any atom is -0.383 e. The van der Waals surface area contributed by atoms with E-state index in [1.807, 2.05) is 5.38 Å². The Morgan fingerprint density at radius 1 is 1.50 bits per heavy atom. The highest BCUT2D eigenvalue weighted by Gasteiger charge is 2.26. The van der Waals surface area contributed by atoms with Crippen LogP contribution in [0.15, 0.2) is 23.7 Å². The summed E-state index contributed by atoms with van der Waals surface area (Å²) < 4.78 is 0. The van der Waals surface area contributed by atoms with Crippen LogP contribution in [0.2, 0.25) is 0 Å². The number of carbonyl (C=O) groups excluding carboxylic acids is 1. The van der Waals surface area contributed by atoms with Crippen LogP contribution in [0.1, 0.15) is 34.8 Å². The zero-order valence-corrected chi connectivity index (χ0v) is 10.4. The molecular weight excluding hydrogens is 248 g/mol. The van der Waals surface area contributed by atoms with Crippen molar-refractivity contribution in [3.8, 4) is 0 Å². The molecular formula is C12H12N4OS. The predicted molar refractivity (Wildman–Crippen MR) is 70.7 cm³/mol. The first kappa shape index (κ1) is 11.2. The fourth-order valence-electron chi connectivity index (χ4n) is 1.68. The number of anilines is 2. The normalized spacial score (nSPS) is 14.4. The fourth-order valence-corrected chi connectivity index (χ4v) is 2.47. The molecule has 1 aliphatic carbocycles. The van der Waals surface area contributed by atoms with Gasteiger partial charge in [0.1, 0.15) is 5.82 Å². The number of thiazole rings is 1. The third-order valence-corrected chi connectivity index (χ3v) is 3.60. The van der Waals surface area contributed by atoms with Crippen molar-refractivity contribution < 1.29 is 4.79 Å². The van der Waals surface area contributed by atoms with Crippen molar-refractivity contribution in [2.24, 2.45) is 0 Å². The summed E-state index contributed by atoms with van der Waals surface area (Å²) in [6.45, 7) is 0. The van der Waals surface area contributed by atoms with Crippen molar-refractivity contribution >= 4 is 28.2 Å². The highest BCUT2D eigenvalue weighted by molar-refractivity contribution is 7.14. The van der Waals surface area contributed by atoms with Gasteiger partial charge in [0.15, 0.2) is 5.13 Å². The summed E-state index contributed by atoms with van der Waals surface area (Å²) in [6.07, 6.45) is 3.96. The zero-order chi connectivity index (χ0) is 12.5. The maximum atomic E-state index is 12.0. The van der Waals surface area contributed by atoms with E-state index in [2.05, 4.69) is 15.3 Å². The molecule has 2 heterocycles. The van der Waals surface area contributed by atoms with Crippen LogP contribution in [-0.4, -0.2) is 15.9 Å². The molecule has 5 nitrogen and oxygen atoms in total. The number of rotatable bonds is 3. The largest absolute Gasteiger partial charge is 0.383 e. The second-order valence-corrected chi connectivity index (χ2v) is 5.10. The molecule has 0 atom stereocenters. The van der Waals surface area contributed by atoms with Gasteiger partial charge in [-0.15, -0.1) is 11.3 Å². The summed E-state index contributed by atoms with van der Waals surface area (Å²) in [5, 5.41) is 5.37. The molecule has 2 aromatic heterocycles. The first-order chi connectivity index (χ1) is 8.74. The monoisotopic (exact) mass is 260 g/mol. The quantitative estimate of drug-likeness (QED) is 0.886. The number of nitrogen functional groups attached to an aromatic ring is 1. The van der Waals surface area contributed by atoms with Gasteiger partial charge in [-0.05, 0) is 25.0 Å². The van der Waals surface area contributed by atoms with Gasteiger partial charge in [0.2, 0.25) is 0 Å². The van der Waals surface area contributed by atoms with E-state index in [-0.39, 0.29) is 11.7 Å². The van der Waals surface area contributed by atoms with Crippen LogP contribution in [-0.2, 0) is 0 Å². The molecule has 18 heavy (non-hydrogen) atoms. The maximum Gasteiger partial charge on any atom is 0.261 e. The van der Waals surface area contributed by atoms with Crippen LogP contribution in [0.25, 0.3) is 0 Å². The number of aromatic nitrogens is 2. The Morgan fingerprint density at radius 2 is 2.33 bits per heavy atom. The molecule has 0 spiro atoms. The molecule has 3 rings (SSSR count). The first-order valence-corrected chi connectivity index (χ1v) is 6.59. The van der Waals surface area contributed by atoms with Crippen molar-refractivity contribution in [3.63, 3.8) is 0 Å². The summed E-state index contributed by atoms with van der Waals surface area (Å²) in [5.74, 6) is 0.557. The van der Waals surface area contributed by atoms with Crippen molar-refractivity contribution in [2.75, 3.05) is 11.1 Å². The molecule has 3 N–H and O–H groups in total. The number of nitrogens with zero attached hydrogens (tertiary/aromatic N) is 2. The van der Waals surface area contributed by atoms with E-state index in [1.165, 1.54) is 24.2 Å². The molecule has 1 aliphatic rings. The Bertz CT molecular complexity index is 591. The van der Waals surface area contributed by atoms with Crippen LogP contribution in [0, 0.1) is 0 Å².